The summed E-state index contributed by atoms with van der Waals surface area (Å²) in [6, 6.07) is 0. The topological polar surface area (TPSA) is 26.3 Å². The molecular formula is C29H48O2. The number of ether oxygens (including phenoxy) is 1. The summed E-state index contributed by atoms with van der Waals surface area (Å²) < 4.78 is 5.14. The highest BCUT2D eigenvalue weighted by molar-refractivity contribution is 5.87. The fourth-order valence-electron chi connectivity index (χ4n) is 9.36. The van der Waals surface area contributed by atoms with Gasteiger partial charge in [0.25, 0.3) is 0 Å². The van der Waals surface area contributed by atoms with Crippen LogP contribution in [0.25, 0.3) is 0 Å². The van der Waals surface area contributed by atoms with Gasteiger partial charge in [-0.3, -0.25) is 0 Å². The van der Waals surface area contributed by atoms with Crippen LogP contribution in [0, 0.1) is 46.3 Å². The third-order valence-corrected chi connectivity index (χ3v) is 11.0. The highest BCUT2D eigenvalue weighted by atomic mass is 16.5. The molecule has 0 aromatic heterocycles. The molecule has 176 valence electrons. The Balaban J connectivity index is 1.40. The first kappa shape index (κ1) is 23.4. The lowest BCUT2D eigenvalue weighted by Gasteiger charge is -2.61. The number of fused-ring (bicyclic) bond motifs is 5. The quantitative estimate of drug-likeness (QED) is 0.317. The molecule has 31 heavy (non-hydrogen) atoms. The Kier molecular flexibility index (Phi) is 6.95. The summed E-state index contributed by atoms with van der Waals surface area (Å²) >= 11 is 0. The van der Waals surface area contributed by atoms with Gasteiger partial charge < -0.3 is 4.74 Å². The zero-order chi connectivity index (χ0) is 22.2. The third-order valence-electron chi connectivity index (χ3n) is 11.0. The number of hydrogen-bond acceptors (Lipinski definition) is 2. The van der Waals surface area contributed by atoms with Gasteiger partial charge >= 0.3 is 5.97 Å². The van der Waals surface area contributed by atoms with E-state index in [2.05, 4.69) is 26.8 Å². The van der Waals surface area contributed by atoms with Crippen LogP contribution in [0.5, 0.6) is 0 Å². The van der Waals surface area contributed by atoms with Gasteiger partial charge in [-0.05, 0) is 124 Å². The van der Waals surface area contributed by atoms with Crippen molar-refractivity contribution in [2.45, 2.75) is 112 Å². The molecule has 0 amide bonds. The summed E-state index contributed by atoms with van der Waals surface area (Å²) in [6.45, 7) is 12.1. The second-order valence-corrected chi connectivity index (χ2v) is 12.3. The lowest BCUT2D eigenvalue weighted by Crippen LogP contribution is -2.53. The van der Waals surface area contributed by atoms with Gasteiger partial charge in [0.05, 0.1) is 6.61 Å². The molecule has 2 nitrogen and oxygen atoms in total. The summed E-state index contributed by atoms with van der Waals surface area (Å²) in [5.74, 6) is 5.47. The molecule has 4 aliphatic rings. The predicted molar refractivity (Wildman–Crippen MR) is 129 cm³/mol. The zero-order valence-corrected chi connectivity index (χ0v) is 21.1. The van der Waals surface area contributed by atoms with Crippen LogP contribution in [0.15, 0.2) is 11.6 Å². The van der Waals surface area contributed by atoms with Crippen LogP contribution in [0.4, 0.5) is 0 Å². The summed E-state index contributed by atoms with van der Waals surface area (Å²) in [4.78, 5) is 11.9. The SMILES string of the molecule is CCOC(=O)/C(C)=C/CCC(C)C1CCC2C3CCC4CCCCC4(C)C3CCC12C. The molecule has 4 rings (SSSR count). The summed E-state index contributed by atoms with van der Waals surface area (Å²) in [5, 5.41) is 0. The Labute approximate surface area is 192 Å². The summed E-state index contributed by atoms with van der Waals surface area (Å²) in [6.07, 6.45) is 19.2. The Morgan fingerprint density at radius 1 is 1.00 bits per heavy atom. The monoisotopic (exact) mass is 428 g/mol. The number of esters is 1. The van der Waals surface area contributed by atoms with E-state index in [1.807, 2.05) is 13.8 Å². The molecule has 2 heteroatoms. The first-order valence-corrected chi connectivity index (χ1v) is 13.6. The molecule has 0 N–H and O–H groups in total. The lowest BCUT2D eigenvalue weighted by atomic mass is 9.44. The average molecular weight is 429 g/mol. The van der Waals surface area contributed by atoms with Crippen LogP contribution >= 0.6 is 0 Å². The molecule has 0 bridgehead atoms. The van der Waals surface area contributed by atoms with Crippen molar-refractivity contribution in [1.82, 2.24) is 0 Å². The van der Waals surface area contributed by atoms with Gasteiger partial charge in [-0.25, -0.2) is 4.79 Å². The molecule has 0 aliphatic heterocycles. The number of hydrogen-bond donors (Lipinski definition) is 0. The molecule has 0 radical (unpaired) electrons. The van der Waals surface area contributed by atoms with Crippen LogP contribution in [0.2, 0.25) is 0 Å². The van der Waals surface area contributed by atoms with Crippen molar-refractivity contribution in [2.24, 2.45) is 46.3 Å². The number of carbonyl (C=O) groups excluding carboxylic acids is 1. The molecular weight excluding hydrogens is 380 g/mol. The maximum absolute atomic E-state index is 11.9. The van der Waals surface area contributed by atoms with Gasteiger partial charge in [-0.15, -0.1) is 0 Å². The molecule has 0 aromatic rings. The van der Waals surface area contributed by atoms with Crippen molar-refractivity contribution in [1.29, 1.82) is 0 Å². The maximum atomic E-state index is 11.9. The van der Waals surface area contributed by atoms with Crippen molar-refractivity contribution in [3.8, 4) is 0 Å². The second-order valence-electron chi connectivity index (χ2n) is 12.3. The van der Waals surface area contributed by atoms with E-state index in [0.717, 1.165) is 47.5 Å². The maximum Gasteiger partial charge on any atom is 0.333 e. The van der Waals surface area contributed by atoms with Crippen molar-refractivity contribution in [3.05, 3.63) is 11.6 Å². The second kappa shape index (κ2) is 9.22. The van der Waals surface area contributed by atoms with Crippen LogP contribution in [0.3, 0.4) is 0 Å². The fourth-order valence-corrected chi connectivity index (χ4v) is 9.36. The highest BCUT2D eigenvalue weighted by Crippen LogP contribution is 2.68. The standard InChI is InChI=1S/C29H48O2/c1-6-31-27(30)21(3)11-9-10-20(2)24-15-16-25-23-14-13-22-12-7-8-18-28(22,4)26(23)17-19-29(24,25)5/h11,20,22-26H,6-10,12-19H2,1-5H3/b21-11+. The van der Waals surface area contributed by atoms with E-state index in [9.17, 15) is 4.79 Å². The predicted octanol–water partition coefficient (Wildman–Crippen LogP) is 7.96. The van der Waals surface area contributed by atoms with Gasteiger partial charge in [0.15, 0.2) is 0 Å². The molecule has 4 aliphatic carbocycles. The average Bonchev–Trinajstić information content (AvgIpc) is 3.10. The first-order valence-electron chi connectivity index (χ1n) is 13.6. The van der Waals surface area contributed by atoms with Crippen molar-refractivity contribution >= 4 is 5.97 Å². The molecule has 0 aromatic carbocycles. The molecule has 8 atom stereocenters. The number of carbonyl (C=O) groups is 1. The summed E-state index contributed by atoms with van der Waals surface area (Å²) in [7, 11) is 0. The van der Waals surface area contributed by atoms with Crippen LogP contribution in [0.1, 0.15) is 112 Å². The van der Waals surface area contributed by atoms with Crippen LogP contribution in [-0.2, 0) is 9.53 Å². The van der Waals surface area contributed by atoms with Crippen LogP contribution < -0.4 is 0 Å². The Bertz CT molecular complexity index is 680. The van der Waals surface area contributed by atoms with Crippen molar-refractivity contribution < 1.29 is 9.53 Å². The Hall–Kier alpha value is -0.790. The molecule has 0 saturated heterocycles. The number of rotatable bonds is 6. The Morgan fingerprint density at radius 2 is 1.77 bits per heavy atom. The van der Waals surface area contributed by atoms with Crippen LogP contribution in [-0.4, -0.2) is 12.6 Å². The van der Waals surface area contributed by atoms with E-state index in [4.69, 9.17) is 4.74 Å². The van der Waals surface area contributed by atoms with Gasteiger partial charge in [0.2, 0.25) is 0 Å². The van der Waals surface area contributed by atoms with Gasteiger partial charge in [0.1, 0.15) is 0 Å². The fraction of sp³-hybridized carbons (Fsp3) is 0.897. The van der Waals surface area contributed by atoms with E-state index in [1.165, 1.54) is 70.6 Å². The third kappa shape index (κ3) is 4.15. The lowest BCUT2D eigenvalue weighted by molar-refractivity contribution is -0.138. The van der Waals surface area contributed by atoms with Crippen molar-refractivity contribution in [2.75, 3.05) is 6.61 Å². The molecule has 8 unspecified atom stereocenters. The largest absolute Gasteiger partial charge is 0.463 e. The Morgan fingerprint density at radius 3 is 2.55 bits per heavy atom. The molecule has 4 saturated carbocycles. The van der Waals surface area contributed by atoms with Crippen molar-refractivity contribution in [3.63, 3.8) is 0 Å². The highest BCUT2D eigenvalue weighted by Gasteiger charge is 2.59. The zero-order valence-electron chi connectivity index (χ0n) is 21.1. The van der Waals surface area contributed by atoms with E-state index in [-0.39, 0.29) is 5.97 Å². The van der Waals surface area contributed by atoms with Gasteiger partial charge in [-0.2, -0.15) is 0 Å². The van der Waals surface area contributed by atoms with E-state index < -0.39 is 0 Å². The minimum Gasteiger partial charge on any atom is -0.463 e. The van der Waals surface area contributed by atoms with E-state index in [0.29, 0.717) is 17.4 Å². The first-order chi connectivity index (χ1) is 14.8. The van der Waals surface area contributed by atoms with E-state index in [1.54, 1.807) is 0 Å². The molecule has 0 heterocycles. The normalized spacial score (nSPS) is 43.5. The summed E-state index contributed by atoms with van der Waals surface area (Å²) in [5.41, 5.74) is 1.99. The van der Waals surface area contributed by atoms with E-state index >= 15 is 0 Å². The van der Waals surface area contributed by atoms with Gasteiger partial charge in [-0.1, -0.05) is 39.7 Å². The van der Waals surface area contributed by atoms with Gasteiger partial charge in [0, 0.05) is 5.57 Å². The minimum absolute atomic E-state index is 0.145. The number of allylic oxidation sites excluding steroid dienone is 1. The molecule has 4 fully saturated rings. The minimum atomic E-state index is -0.145. The smallest absolute Gasteiger partial charge is 0.333 e. The molecule has 0 spiro atoms.